The standard InChI is InChI=1S/C31H32N2O6/c1-4-14-32-27(35)21-13-12-19-22(25(21)29(32)37)16-23-28(36)33(17-8-6-5-7-9-17)30(38)31(23,2)26(19)20-11-10-18(34)15-24(20)39-3/h5-12,15,21-23,25-26,34H,4,13-14,16H2,1-3H3/t21-,22+,23-,25-,26+,31+/m0/s1. The first-order valence-corrected chi connectivity index (χ1v) is 13.6. The molecule has 6 atom stereocenters. The fourth-order valence-electron chi connectivity index (χ4n) is 7.63. The number of methoxy groups -OCH3 is 1. The van der Waals surface area contributed by atoms with Gasteiger partial charge in [0.1, 0.15) is 11.5 Å². The van der Waals surface area contributed by atoms with Gasteiger partial charge in [-0.25, -0.2) is 4.90 Å². The van der Waals surface area contributed by atoms with Crippen LogP contribution in [0.4, 0.5) is 5.69 Å². The van der Waals surface area contributed by atoms with Crippen LogP contribution in [-0.2, 0) is 19.2 Å². The molecule has 0 spiro atoms. The molecule has 0 aromatic heterocycles. The molecule has 3 fully saturated rings. The van der Waals surface area contributed by atoms with Crippen LogP contribution >= 0.6 is 0 Å². The van der Waals surface area contributed by atoms with Gasteiger partial charge in [-0.05, 0) is 50.3 Å². The number of allylic oxidation sites excluding steroid dienone is 2. The van der Waals surface area contributed by atoms with E-state index in [-0.39, 0.29) is 35.3 Å². The zero-order valence-corrected chi connectivity index (χ0v) is 22.3. The molecule has 1 saturated carbocycles. The van der Waals surface area contributed by atoms with Crippen LogP contribution in [0.1, 0.15) is 44.6 Å². The number of benzene rings is 2. The molecule has 0 unspecified atom stereocenters. The molecule has 2 aromatic carbocycles. The Morgan fingerprint density at radius 3 is 2.44 bits per heavy atom. The molecular formula is C31H32N2O6. The van der Waals surface area contributed by atoms with Gasteiger partial charge < -0.3 is 9.84 Å². The molecule has 8 heteroatoms. The number of anilines is 1. The molecule has 2 aromatic rings. The molecule has 1 N–H and O–H groups in total. The summed E-state index contributed by atoms with van der Waals surface area (Å²) in [5, 5.41) is 10.2. The molecule has 0 bridgehead atoms. The smallest absolute Gasteiger partial charge is 0.241 e. The van der Waals surface area contributed by atoms with Gasteiger partial charge >= 0.3 is 0 Å². The van der Waals surface area contributed by atoms with Crippen molar-refractivity contribution in [2.45, 2.75) is 39.0 Å². The lowest BCUT2D eigenvalue weighted by molar-refractivity contribution is -0.140. The summed E-state index contributed by atoms with van der Waals surface area (Å²) >= 11 is 0. The van der Waals surface area contributed by atoms with Crippen molar-refractivity contribution in [3.05, 3.63) is 65.7 Å². The first-order valence-electron chi connectivity index (χ1n) is 13.6. The van der Waals surface area contributed by atoms with Crippen molar-refractivity contribution in [2.75, 3.05) is 18.6 Å². The number of likely N-dealkylation sites (tertiary alicyclic amines) is 1. The Morgan fingerprint density at radius 2 is 1.74 bits per heavy atom. The Hall–Kier alpha value is -3.94. The molecule has 202 valence electrons. The van der Waals surface area contributed by atoms with Gasteiger partial charge in [0.15, 0.2) is 0 Å². The van der Waals surface area contributed by atoms with Gasteiger partial charge in [-0.1, -0.05) is 42.8 Å². The van der Waals surface area contributed by atoms with E-state index >= 15 is 0 Å². The Balaban J connectivity index is 1.54. The van der Waals surface area contributed by atoms with Gasteiger partial charge in [0.25, 0.3) is 0 Å². The van der Waals surface area contributed by atoms with Gasteiger partial charge in [0, 0.05) is 24.1 Å². The lowest BCUT2D eigenvalue weighted by atomic mass is 9.51. The first-order chi connectivity index (χ1) is 18.7. The van der Waals surface area contributed by atoms with E-state index < -0.39 is 29.1 Å². The van der Waals surface area contributed by atoms with Crippen molar-refractivity contribution in [1.82, 2.24) is 4.90 Å². The second-order valence-corrected chi connectivity index (χ2v) is 11.3. The highest BCUT2D eigenvalue weighted by molar-refractivity contribution is 6.24. The Kier molecular flexibility index (Phi) is 5.90. The molecule has 6 rings (SSSR count). The summed E-state index contributed by atoms with van der Waals surface area (Å²) in [6.45, 7) is 4.15. The fourth-order valence-corrected chi connectivity index (χ4v) is 7.63. The number of imide groups is 2. The van der Waals surface area contributed by atoms with Crippen LogP contribution < -0.4 is 9.64 Å². The molecule has 0 radical (unpaired) electrons. The number of hydrogen-bond donors (Lipinski definition) is 1. The summed E-state index contributed by atoms with van der Waals surface area (Å²) in [6, 6.07) is 13.7. The number of aromatic hydroxyl groups is 1. The maximum atomic E-state index is 14.3. The summed E-state index contributed by atoms with van der Waals surface area (Å²) in [6.07, 6.45) is 3.42. The number of amides is 4. The summed E-state index contributed by atoms with van der Waals surface area (Å²) in [5.74, 6) is -3.15. The molecule has 8 nitrogen and oxygen atoms in total. The average Bonchev–Trinajstić information content (AvgIpc) is 3.29. The number of carbonyl (C=O) groups is 4. The second kappa shape index (κ2) is 9.07. The number of fused-ring (bicyclic) bond motifs is 4. The third-order valence-corrected chi connectivity index (χ3v) is 9.36. The highest BCUT2D eigenvalue weighted by Crippen LogP contribution is 2.64. The van der Waals surface area contributed by atoms with Crippen LogP contribution in [0, 0.1) is 29.1 Å². The summed E-state index contributed by atoms with van der Waals surface area (Å²) in [7, 11) is 1.50. The van der Waals surface area contributed by atoms with Crippen molar-refractivity contribution < 1.29 is 29.0 Å². The third-order valence-electron chi connectivity index (χ3n) is 9.36. The van der Waals surface area contributed by atoms with Crippen molar-refractivity contribution in [2.24, 2.45) is 29.1 Å². The maximum Gasteiger partial charge on any atom is 0.241 e. The van der Waals surface area contributed by atoms with E-state index in [0.29, 0.717) is 42.8 Å². The van der Waals surface area contributed by atoms with E-state index in [1.807, 2.05) is 26.0 Å². The minimum Gasteiger partial charge on any atom is -0.508 e. The predicted molar refractivity (Wildman–Crippen MR) is 143 cm³/mol. The molecule has 4 amide bonds. The number of hydrogen-bond acceptors (Lipinski definition) is 6. The van der Waals surface area contributed by atoms with E-state index in [2.05, 4.69) is 0 Å². The third kappa shape index (κ3) is 3.43. The van der Waals surface area contributed by atoms with Crippen molar-refractivity contribution >= 4 is 29.3 Å². The number of phenolic OH excluding ortho intramolecular Hbond substituents is 1. The van der Waals surface area contributed by atoms with Gasteiger partial charge in [-0.3, -0.25) is 24.1 Å². The van der Waals surface area contributed by atoms with Gasteiger partial charge in [-0.15, -0.1) is 0 Å². The summed E-state index contributed by atoms with van der Waals surface area (Å²) in [4.78, 5) is 58.0. The van der Waals surface area contributed by atoms with Crippen LogP contribution in [-0.4, -0.2) is 47.3 Å². The molecular weight excluding hydrogens is 496 g/mol. The lowest BCUT2D eigenvalue weighted by Gasteiger charge is -2.49. The van der Waals surface area contributed by atoms with Crippen molar-refractivity contribution in [1.29, 1.82) is 0 Å². The average molecular weight is 529 g/mol. The molecule has 39 heavy (non-hydrogen) atoms. The van der Waals surface area contributed by atoms with E-state index in [9.17, 15) is 24.3 Å². The molecule has 2 aliphatic carbocycles. The Bertz CT molecular complexity index is 1420. The van der Waals surface area contributed by atoms with E-state index in [0.717, 1.165) is 5.57 Å². The monoisotopic (exact) mass is 528 g/mol. The predicted octanol–water partition coefficient (Wildman–Crippen LogP) is 4.04. The van der Waals surface area contributed by atoms with Crippen molar-refractivity contribution in [3.8, 4) is 11.5 Å². The molecule has 2 heterocycles. The quantitative estimate of drug-likeness (QED) is 0.464. The lowest BCUT2D eigenvalue weighted by Crippen LogP contribution is -2.49. The summed E-state index contributed by atoms with van der Waals surface area (Å²) in [5.41, 5.74) is 0.932. The van der Waals surface area contributed by atoms with Crippen LogP contribution in [0.3, 0.4) is 0 Å². The molecule has 4 aliphatic rings. The van der Waals surface area contributed by atoms with Crippen LogP contribution in [0.2, 0.25) is 0 Å². The molecule has 2 aliphatic heterocycles. The topological polar surface area (TPSA) is 104 Å². The zero-order valence-electron chi connectivity index (χ0n) is 22.3. The Labute approximate surface area is 227 Å². The maximum absolute atomic E-state index is 14.3. The second-order valence-electron chi connectivity index (χ2n) is 11.3. The SMILES string of the molecule is CCCN1C(=O)[C@H]2[C@H](CC=C3[C@H]2C[C@H]2C(=O)N(c4ccccc4)C(=O)[C@@]2(C)[C@H]3c2ccc(O)cc2OC)C1=O. The minimum absolute atomic E-state index is 0.0221. The van der Waals surface area contributed by atoms with Crippen LogP contribution in [0.25, 0.3) is 0 Å². The zero-order chi connectivity index (χ0) is 27.6. The van der Waals surface area contributed by atoms with E-state index in [1.165, 1.54) is 23.0 Å². The first kappa shape index (κ1) is 25.3. The number of para-hydroxylation sites is 1. The number of phenols is 1. The van der Waals surface area contributed by atoms with E-state index in [4.69, 9.17) is 4.74 Å². The Morgan fingerprint density at radius 1 is 1.00 bits per heavy atom. The van der Waals surface area contributed by atoms with Gasteiger partial charge in [0.2, 0.25) is 23.6 Å². The van der Waals surface area contributed by atoms with Crippen LogP contribution in [0.5, 0.6) is 11.5 Å². The normalized spacial score (nSPS) is 31.7. The number of nitrogens with zero attached hydrogens (tertiary/aromatic N) is 2. The number of ether oxygens (including phenoxy) is 1. The fraction of sp³-hybridized carbons (Fsp3) is 0.419. The van der Waals surface area contributed by atoms with Crippen molar-refractivity contribution in [3.63, 3.8) is 0 Å². The highest BCUT2D eigenvalue weighted by Gasteiger charge is 2.67. The van der Waals surface area contributed by atoms with Crippen LogP contribution in [0.15, 0.2) is 60.2 Å². The van der Waals surface area contributed by atoms with E-state index in [1.54, 1.807) is 36.4 Å². The number of rotatable bonds is 5. The largest absolute Gasteiger partial charge is 0.508 e. The highest BCUT2D eigenvalue weighted by atomic mass is 16.5. The van der Waals surface area contributed by atoms with Gasteiger partial charge in [0.05, 0.1) is 36.0 Å². The molecule has 2 saturated heterocycles. The minimum atomic E-state index is -1.15. The summed E-state index contributed by atoms with van der Waals surface area (Å²) < 4.78 is 5.67. The van der Waals surface area contributed by atoms with Gasteiger partial charge in [-0.2, -0.15) is 0 Å². The number of carbonyl (C=O) groups excluding carboxylic acids is 4.